The monoisotopic (exact) mass is 709 g/mol. The number of carbonyl (C=O) groups excluding carboxylic acids is 1. The first-order valence-electron chi connectivity index (χ1n) is 15.1. The smallest absolute Gasteiger partial charge is 0.375 e. The van der Waals surface area contributed by atoms with Crippen LogP contribution in [0.2, 0.25) is 10.0 Å². The number of nitrogens with one attached hydrogen (secondary N) is 1. The van der Waals surface area contributed by atoms with E-state index in [0.717, 1.165) is 49.8 Å². The molecular formula is C34H29Cl2N11O3. The van der Waals surface area contributed by atoms with Gasteiger partial charge >= 0.3 is 5.97 Å². The molecule has 50 heavy (non-hydrogen) atoms. The number of pyridine rings is 3. The van der Waals surface area contributed by atoms with Crippen molar-refractivity contribution in [3.8, 4) is 0 Å². The molecule has 4 N–H and O–H groups in total. The minimum atomic E-state index is -1.14. The summed E-state index contributed by atoms with van der Waals surface area (Å²) in [6.07, 6.45) is 6.15. The van der Waals surface area contributed by atoms with Gasteiger partial charge in [-0.15, -0.1) is 10.2 Å². The fourth-order valence-electron chi connectivity index (χ4n) is 5.23. The van der Waals surface area contributed by atoms with Gasteiger partial charge < -0.3 is 16.2 Å². The average molecular weight is 711 g/mol. The molecule has 0 radical (unpaired) electrons. The predicted octanol–water partition coefficient (Wildman–Crippen LogP) is 5.28. The summed E-state index contributed by atoms with van der Waals surface area (Å²) in [6.45, 7) is 5.04. The molecule has 252 valence electrons. The lowest BCUT2D eigenvalue weighted by Gasteiger charge is -2.10. The Kier molecular flexibility index (Phi) is 9.92. The molecule has 0 bridgehead atoms. The highest BCUT2D eigenvalue weighted by Crippen LogP contribution is 2.20. The van der Waals surface area contributed by atoms with E-state index in [1.807, 2.05) is 62.4 Å². The summed E-state index contributed by atoms with van der Waals surface area (Å²) < 4.78 is 3.10. The molecule has 7 aromatic rings. The van der Waals surface area contributed by atoms with Crippen molar-refractivity contribution >= 4 is 62.7 Å². The molecule has 5 heterocycles. The number of hydrogen-bond acceptors (Lipinski definition) is 10. The summed E-state index contributed by atoms with van der Waals surface area (Å²) in [7, 11) is 0. The normalized spacial score (nSPS) is 11.0. The van der Waals surface area contributed by atoms with Crippen molar-refractivity contribution in [3.05, 3.63) is 129 Å². The first-order chi connectivity index (χ1) is 24.0. The van der Waals surface area contributed by atoms with E-state index < -0.39 is 5.97 Å². The highest BCUT2D eigenvalue weighted by molar-refractivity contribution is 6.31. The average Bonchev–Trinajstić information content (AvgIpc) is 3.74. The molecule has 14 nitrogen and oxygen atoms in total. The van der Waals surface area contributed by atoms with Gasteiger partial charge in [-0.1, -0.05) is 35.3 Å². The number of benzene rings is 2. The molecule has 2 aromatic carbocycles. The van der Waals surface area contributed by atoms with Gasteiger partial charge in [0.1, 0.15) is 18.5 Å². The summed E-state index contributed by atoms with van der Waals surface area (Å²) in [5.74, 6) is -1.13. The second-order valence-corrected chi connectivity index (χ2v) is 12.2. The second kappa shape index (κ2) is 14.6. The first kappa shape index (κ1) is 33.9. The molecule has 0 aliphatic rings. The molecule has 0 unspecified atom stereocenters. The molecule has 0 fully saturated rings. The largest absolute Gasteiger partial charge is 0.475 e. The predicted molar refractivity (Wildman–Crippen MR) is 188 cm³/mol. The number of aromatic nitrogens is 9. The van der Waals surface area contributed by atoms with Crippen molar-refractivity contribution < 1.29 is 14.7 Å². The zero-order chi connectivity index (χ0) is 35.4. The Morgan fingerprint density at radius 1 is 0.780 bits per heavy atom. The van der Waals surface area contributed by atoms with Crippen LogP contribution >= 0.6 is 23.2 Å². The third kappa shape index (κ3) is 8.17. The molecule has 0 spiro atoms. The Balaban J connectivity index is 0.000000187. The summed E-state index contributed by atoms with van der Waals surface area (Å²) >= 11 is 11.9. The van der Waals surface area contributed by atoms with Crippen molar-refractivity contribution in [1.29, 1.82) is 0 Å². The zero-order valence-corrected chi connectivity index (χ0v) is 28.3. The number of nitrogen functional groups attached to an aromatic ring is 1. The van der Waals surface area contributed by atoms with Crippen LogP contribution in [0.25, 0.3) is 21.8 Å². The maximum atomic E-state index is 12.5. The number of nitrogens with two attached hydrogens (primary N) is 1. The number of carboxylic acids is 1. The summed E-state index contributed by atoms with van der Waals surface area (Å²) in [4.78, 5) is 43.8. The van der Waals surface area contributed by atoms with E-state index in [2.05, 4.69) is 40.4 Å². The number of halogens is 2. The van der Waals surface area contributed by atoms with Crippen LogP contribution in [0.3, 0.4) is 0 Å². The van der Waals surface area contributed by atoms with Crippen LogP contribution in [-0.2, 0) is 19.6 Å². The van der Waals surface area contributed by atoms with Crippen LogP contribution in [0.4, 0.5) is 5.82 Å². The van der Waals surface area contributed by atoms with Crippen LogP contribution in [0, 0.1) is 13.8 Å². The van der Waals surface area contributed by atoms with Crippen LogP contribution in [0.1, 0.15) is 49.2 Å². The van der Waals surface area contributed by atoms with E-state index in [1.54, 1.807) is 23.1 Å². The maximum absolute atomic E-state index is 12.5. The molecule has 0 aliphatic heterocycles. The van der Waals surface area contributed by atoms with Gasteiger partial charge in [0.05, 0.1) is 34.2 Å². The highest BCUT2D eigenvalue weighted by atomic mass is 35.5. The third-order valence-corrected chi connectivity index (χ3v) is 7.99. The van der Waals surface area contributed by atoms with E-state index in [1.165, 1.54) is 17.3 Å². The maximum Gasteiger partial charge on any atom is 0.375 e. The van der Waals surface area contributed by atoms with E-state index in [-0.39, 0.29) is 17.6 Å². The molecule has 5 aromatic heterocycles. The molecular weight excluding hydrogens is 681 g/mol. The number of amides is 1. The Labute approximate surface area is 295 Å². The number of carboxylic acid groups (broad SMARTS) is 1. The van der Waals surface area contributed by atoms with Gasteiger partial charge in [0, 0.05) is 35.4 Å². The van der Waals surface area contributed by atoms with Crippen molar-refractivity contribution in [2.45, 2.75) is 33.5 Å². The number of aryl methyl sites for hydroxylation is 2. The topological polar surface area (TPSA) is 193 Å². The highest BCUT2D eigenvalue weighted by Gasteiger charge is 2.14. The number of carbonyl (C=O) groups is 2. The number of hydrogen-bond donors (Lipinski definition) is 3. The summed E-state index contributed by atoms with van der Waals surface area (Å²) in [5.41, 5.74) is 12.1. The molecule has 1 amide bonds. The van der Waals surface area contributed by atoms with Crippen LogP contribution in [0.5, 0.6) is 0 Å². The molecule has 0 aliphatic carbocycles. The van der Waals surface area contributed by atoms with Gasteiger partial charge in [-0.3, -0.25) is 14.8 Å². The summed E-state index contributed by atoms with van der Waals surface area (Å²) in [6, 6.07) is 17.1. The fraction of sp³-hybridized carbons (Fsp3) is 0.147. The lowest BCUT2D eigenvalue weighted by Crippen LogP contribution is -2.25. The minimum absolute atomic E-state index is 0.110. The third-order valence-electron chi connectivity index (χ3n) is 7.58. The van der Waals surface area contributed by atoms with Gasteiger partial charge in [0.25, 0.3) is 11.7 Å². The van der Waals surface area contributed by atoms with Crippen LogP contribution < -0.4 is 11.1 Å². The van der Waals surface area contributed by atoms with Crippen LogP contribution in [-0.4, -0.2) is 61.5 Å². The SMILES string of the molecule is Cc1cc(N)nc(C)c1CNC(=O)c1ncn(Cc2ccc3ncc(Cl)cc3c2)n1.O=C(O)c1ncn(Cc2ccc3ncc(Cl)cc3c2)n1. The molecule has 7 rings (SSSR count). The fourth-order valence-corrected chi connectivity index (χ4v) is 5.56. The Morgan fingerprint density at radius 3 is 1.84 bits per heavy atom. The molecule has 0 saturated carbocycles. The van der Waals surface area contributed by atoms with Gasteiger partial charge in [-0.05, 0) is 78.6 Å². The van der Waals surface area contributed by atoms with Gasteiger partial charge in [0.15, 0.2) is 0 Å². The Morgan fingerprint density at radius 2 is 1.32 bits per heavy atom. The van der Waals surface area contributed by atoms with Gasteiger partial charge in [0.2, 0.25) is 5.82 Å². The quantitative estimate of drug-likeness (QED) is 0.186. The first-order valence-corrected chi connectivity index (χ1v) is 15.9. The second-order valence-electron chi connectivity index (χ2n) is 11.3. The van der Waals surface area contributed by atoms with Crippen LogP contribution in [0.15, 0.2) is 79.6 Å². The van der Waals surface area contributed by atoms with E-state index in [4.69, 9.17) is 34.0 Å². The summed E-state index contributed by atoms with van der Waals surface area (Å²) in [5, 5.41) is 22.8. The van der Waals surface area contributed by atoms with Crippen molar-refractivity contribution in [3.63, 3.8) is 0 Å². The lowest BCUT2D eigenvalue weighted by molar-refractivity contribution is 0.0683. The molecule has 16 heteroatoms. The zero-order valence-electron chi connectivity index (χ0n) is 26.7. The number of aromatic carboxylic acids is 1. The Hall–Kier alpha value is -5.99. The van der Waals surface area contributed by atoms with Gasteiger partial charge in [-0.25, -0.2) is 29.1 Å². The Bertz CT molecular complexity index is 2350. The minimum Gasteiger partial charge on any atom is -0.475 e. The van der Waals surface area contributed by atoms with E-state index in [9.17, 15) is 9.59 Å². The van der Waals surface area contributed by atoms with Gasteiger partial charge in [-0.2, -0.15) is 0 Å². The number of nitrogens with zero attached hydrogens (tertiary/aromatic N) is 9. The van der Waals surface area contributed by atoms with E-state index >= 15 is 0 Å². The van der Waals surface area contributed by atoms with E-state index in [0.29, 0.717) is 35.5 Å². The number of rotatable bonds is 8. The standard InChI is InChI=1S/C21H20ClN7O.C13H9ClN4O2/c1-12-5-19(23)27-13(2)17(12)9-25-21(30)20-26-11-29(28-20)10-14-3-4-18-15(6-14)7-16(22)8-24-18;14-10-4-9-3-8(1-2-11(9)15-5-10)6-18-7-16-12(17-18)13(19)20/h3-8,11H,9-10H2,1-2H3,(H2,23,27)(H,25,30);1-5,7H,6H2,(H,19,20). The van der Waals surface area contributed by atoms with Crippen molar-refractivity contribution in [1.82, 2.24) is 49.8 Å². The lowest BCUT2D eigenvalue weighted by atomic mass is 10.1. The molecule has 0 atom stereocenters. The van der Waals surface area contributed by atoms with Crippen molar-refractivity contribution in [2.24, 2.45) is 0 Å². The number of anilines is 1. The van der Waals surface area contributed by atoms with Crippen molar-refractivity contribution in [2.75, 3.05) is 5.73 Å². The number of fused-ring (bicyclic) bond motifs is 2. The molecule has 0 saturated heterocycles.